The van der Waals surface area contributed by atoms with Crippen LogP contribution in [-0.2, 0) is 35.1 Å². The Bertz CT molecular complexity index is 1330. The van der Waals surface area contributed by atoms with E-state index in [9.17, 15) is 24.7 Å². The fourth-order valence-corrected chi connectivity index (χ4v) is 7.57. The molecule has 1 saturated heterocycles. The Morgan fingerprint density at radius 1 is 1.02 bits per heavy atom. The summed E-state index contributed by atoms with van der Waals surface area (Å²) in [6.45, 7) is 12.3. The minimum atomic E-state index is -1.14. The van der Waals surface area contributed by atoms with Gasteiger partial charge in [0.1, 0.15) is 6.04 Å². The Labute approximate surface area is 310 Å². The number of hydrogen-bond donors (Lipinski definition) is 2. The molecule has 52 heavy (non-hydrogen) atoms. The quantitative estimate of drug-likeness (QED) is 0.109. The van der Waals surface area contributed by atoms with Gasteiger partial charge in [-0.15, -0.1) is 0 Å². The first-order chi connectivity index (χ1) is 24.6. The van der Waals surface area contributed by atoms with Gasteiger partial charge < -0.3 is 29.9 Å². The van der Waals surface area contributed by atoms with Crippen molar-refractivity contribution >= 4 is 23.6 Å². The van der Waals surface area contributed by atoms with Crippen molar-refractivity contribution in [1.29, 1.82) is 0 Å². The lowest BCUT2D eigenvalue weighted by molar-refractivity contribution is -0.147. The lowest BCUT2D eigenvalue weighted by Gasteiger charge is -2.41. The van der Waals surface area contributed by atoms with Gasteiger partial charge in [0.25, 0.3) is 0 Å². The van der Waals surface area contributed by atoms with Gasteiger partial charge in [-0.2, -0.15) is 0 Å². The van der Waals surface area contributed by atoms with Crippen LogP contribution in [0.15, 0.2) is 35.4 Å². The summed E-state index contributed by atoms with van der Waals surface area (Å²) in [6, 6.07) is 6.56. The molecule has 0 aliphatic carbocycles. The minimum Gasteiger partial charge on any atom is -0.379 e. The highest BCUT2D eigenvalue weighted by Crippen LogP contribution is 2.29. The third kappa shape index (κ3) is 11.9. The molecule has 4 amide bonds. The number of benzene rings is 1. The molecule has 0 bridgehead atoms. The Balaban J connectivity index is 2.27. The number of amides is 4. The summed E-state index contributed by atoms with van der Waals surface area (Å²) in [6.07, 6.45) is 1.66. The van der Waals surface area contributed by atoms with Crippen LogP contribution in [0.3, 0.4) is 0 Å². The summed E-state index contributed by atoms with van der Waals surface area (Å²) in [5.74, 6) is -1.71. The molecular formula is C38H64N8O6. The Kier molecular flexibility index (Phi) is 18.6. The van der Waals surface area contributed by atoms with E-state index >= 15 is 0 Å². The standard InChI is InChI=1S/C38H64N8O6/c1-12-25(4)34(45(9)38(50)32(27(6)42-43-39)41-37(49)33(24(2)3)44(7)8)30(51-10)23-31(47)46-22-16-19-29(46)35(52-11)26(5)36(48)40-21-20-28-17-14-13-15-18-28/h13-15,17-18,24-27,29-30,32-35H,12,16,19-23H2,1-11H3,(H,40,48)(H,41,49)/t25-,26+,27?,29-,30+,32-,33-,34-,35+/m0/s1. The van der Waals surface area contributed by atoms with Crippen LogP contribution in [-0.4, -0.2) is 129 Å². The highest BCUT2D eigenvalue weighted by atomic mass is 16.5. The lowest BCUT2D eigenvalue weighted by Crippen LogP contribution is -2.60. The molecule has 1 aromatic carbocycles. The number of nitrogens with zero attached hydrogens (tertiary/aromatic N) is 6. The number of likely N-dealkylation sites (tertiary alicyclic amines) is 1. The molecule has 1 aliphatic heterocycles. The average molecular weight is 729 g/mol. The zero-order chi connectivity index (χ0) is 39.1. The van der Waals surface area contributed by atoms with E-state index in [2.05, 4.69) is 20.7 Å². The van der Waals surface area contributed by atoms with Crippen molar-refractivity contribution in [2.75, 3.05) is 48.5 Å². The van der Waals surface area contributed by atoms with Gasteiger partial charge in [0.05, 0.1) is 48.7 Å². The first kappa shape index (κ1) is 44.5. The van der Waals surface area contributed by atoms with E-state index in [0.29, 0.717) is 32.4 Å². The van der Waals surface area contributed by atoms with Gasteiger partial charge in [-0.25, -0.2) is 0 Å². The number of carbonyl (C=O) groups is 4. The highest BCUT2D eigenvalue weighted by Gasteiger charge is 2.43. The molecule has 0 radical (unpaired) electrons. The topological polar surface area (TPSA) is 169 Å². The molecule has 1 unspecified atom stereocenters. The van der Waals surface area contributed by atoms with Crippen LogP contribution >= 0.6 is 0 Å². The maximum absolute atomic E-state index is 14.3. The van der Waals surface area contributed by atoms with Crippen LogP contribution in [0.2, 0.25) is 0 Å². The number of azide groups is 1. The number of likely N-dealkylation sites (N-methyl/N-ethyl adjacent to an activating group) is 2. The van der Waals surface area contributed by atoms with E-state index in [1.807, 2.05) is 65.0 Å². The number of methoxy groups -OCH3 is 2. The molecule has 2 rings (SSSR count). The first-order valence-electron chi connectivity index (χ1n) is 18.6. The molecule has 0 spiro atoms. The van der Waals surface area contributed by atoms with E-state index in [-0.39, 0.29) is 42.0 Å². The summed E-state index contributed by atoms with van der Waals surface area (Å²) < 4.78 is 11.9. The van der Waals surface area contributed by atoms with Crippen molar-refractivity contribution in [2.24, 2.45) is 22.9 Å². The van der Waals surface area contributed by atoms with E-state index in [1.54, 1.807) is 45.0 Å². The van der Waals surface area contributed by atoms with Crippen LogP contribution in [0.4, 0.5) is 0 Å². The molecule has 0 aromatic heterocycles. The van der Waals surface area contributed by atoms with Gasteiger partial charge in [-0.3, -0.25) is 24.1 Å². The zero-order valence-corrected chi connectivity index (χ0v) is 33.2. The molecule has 2 N–H and O–H groups in total. The molecule has 0 saturated carbocycles. The van der Waals surface area contributed by atoms with E-state index in [4.69, 9.17) is 9.47 Å². The predicted octanol–water partition coefficient (Wildman–Crippen LogP) is 4.04. The van der Waals surface area contributed by atoms with Crippen molar-refractivity contribution < 1.29 is 28.7 Å². The van der Waals surface area contributed by atoms with E-state index in [0.717, 1.165) is 12.0 Å². The summed E-state index contributed by atoms with van der Waals surface area (Å²) in [5, 5.41) is 9.68. The van der Waals surface area contributed by atoms with Crippen LogP contribution in [0.5, 0.6) is 0 Å². The average Bonchev–Trinajstić information content (AvgIpc) is 3.59. The zero-order valence-electron chi connectivity index (χ0n) is 33.2. The molecule has 292 valence electrons. The van der Waals surface area contributed by atoms with Crippen LogP contribution < -0.4 is 10.6 Å². The van der Waals surface area contributed by atoms with Crippen molar-refractivity contribution in [3.05, 3.63) is 46.3 Å². The molecule has 1 aromatic rings. The number of nitrogens with one attached hydrogen (secondary N) is 2. The summed E-state index contributed by atoms with van der Waals surface area (Å²) in [7, 11) is 8.34. The van der Waals surface area contributed by atoms with Gasteiger partial charge in [0.2, 0.25) is 23.6 Å². The van der Waals surface area contributed by atoms with E-state index in [1.165, 1.54) is 12.0 Å². The Hall–Kier alpha value is -3.71. The largest absolute Gasteiger partial charge is 0.379 e. The van der Waals surface area contributed by atoms with Crippen LogP contribution in [0.1, 0.15) is 72.8 Å². The van der Waals surface area contributed by atoms with Crippen LogP contribution in [0, 0.1) is 17.8 Å². The molecule has 9 atom stereocenters. The third-order valence-corrected chi connectivity index (χ3v) is 10.6. The SMILES string of the molecule is CC[C@H](C)[C@@H]([C@@H](CC(=O)N1CCC[C@H]1[C@H](OC)[C@@H](C)C(=O)NCCc1ccccc1)OC)N(C)C(=O)[C@@H](NC(=O)[C@H](C(C)C)N(C)C)C(C)N=[N+]=[N-]. The second-order valence-corrected chi connectivity index (χ2v) is 14.7. The number of rotatable bonds is 21. The second kappa shape index (κ2) is 21.7. The summed E-state index contributed by atoms with van der Waals surface area (Å²) in [4.78, 5) is 63.1. The molecule has 1 fully saturated rings. The van der Waals surface area contributed by atoms with Gasteiger partial charge in [-0.1, -0.05) is 83.4 Å². The molecule has 1 aliphatic rings. The number of ether oxygens (including phenoxy) is 2. The maximum atomic E-state index is 14.3. The Morgan fingerprint density at radius 3 is 2.21 bits per heavy atom. The smallest absolute Gasteiger partial charge is 0.245 e. The fraction of sp³-hybridized carbons (Fsp3) is 0.737. The normalized spacial score (nSPS) is 19.1. The lowest BCUT2D eigenvalue weighted by atomic mass is 9.89. The van der Waals surface area contributed by atoms with Crippen molar-refractivity contribution in [1.82, 2.24) is 25.3 Å². The maximum Gasteiger partial charge on any atom is 0.245 e. The number of carbonyl (C=O) groups excluding carboxylic acids is 4. The predicted molar refractivity (Wildman–Crippen MR) is 202 cm³/mol. The van der Waals surface area contributed by atoms with Crippen LogP contribution in [0.25, 0.3) is 10.4 Å². The summed E-state index contributed by atoms with van der Waals surface area (Å²) >= 11 is 0. The van der Waals surface area contributed by atoms with Gasteiger partial charge in [0, 0.05) is 39.3 Å². The highest BCUT2D eigenvalue weighted by molar-refractivity contribution is 5.90. The molecule has 1 heterocycles. The number of hydrogen-bond acceptors (Lipinski definition) is 8. The molecular weight excluding hydrogens is 664 g/mol. The van der Waals surface area contributed by atoms with Gasteiger partial charge >= 0.3 is 0 Å². The van der Waals surface area contributed by atoms with Crippen molar-refractivity contribution in [2.45, 2.75) is 116 Å². The summed E-state index contributed by atoms with van der Waals surface area (Å²) in [5.41, 5.74) is 10.4. The monoisotopic (exact) mass is 728 g/mol. The first-order valence-corrected chi connectivity index (χ1v) is 18.6. The van der Waals surface area contributed by atoms with Gasteiger partial charge in [0.15, 0.2) is 0 Å². The van der Waals surface area contributed by atoms with Crippen molar-refractivity contribution in [3.8, 4) is 0 Å². The molecule has 14 nitrogen and oxygen atoms in total. The fourth-order valence-electron chi connectivity index (χ4n) is 7.57. The Morgan fingerprint density at radius 2 is 1.67 bits per heavy atom. The molecule has 14 heteroatoms. The van der Waals surface area contributed by atoms with Crippen molar-refractivity contribution in [3.63, 3.8) is 0 Å². The minimum absolute atomic E-state index is 0.00725. The van der Waals surface area contributed by atoms with Gasteiger partial charge in [-0.05, 0) is 56.3 Å². The van der Waals surface area contributed by atoms with E-state index < -0.39 is 48.2 Å². The second-order valence-electron chi connectivity index (χ2n) is 14.7. The third-order valence-electron chi connectivity index (χ3n) is 10.6.